The highest BCUT2D eigenvalue weighted by Crippen LogP contribution is 1.99. The predicted octanol–water partition coefficient (Wildman–Crippen LogP) is 1.99. The van der Waals surface area contributed by atoms with Crippen LogP contribution in [0.3, 0.4) is 0 Å². The molecule has 0 bridgehead atoms. The van der Waals surface area contributed by atoms with Crippen molar-refractivity contribution in [3.63, 3.8) is 0 Å². The Morgan fingerprint density at radius 3 is 2.04 bits per heavy atom. The Balaban J connectivity index is 1.77. The summed E-state index contributed by atoms with van der Waals surface area (Å²) in [4.78, 5) is 0. The van der Waals surface area contributed by atoms with Crippen LogP contribution < -0.4 is 21.7 Å². The minimum absolute atomic E-state index is 0.782. The zero-order valence-corrected chi connectivity index (χ0v) is 14.4. The monoisotopic (exact) mass is 318 g/mol. The fourth-order valence-corrected chi connectivity index (χ4v) is 2.26. The molecule has 0 aromatic heterocycles. The maximum Gasteiger partial charge on any atom is 0.0138 e. The number of hydrogen-bond acceptors (Lipinski definition) is 4. The molecule has 1 aromatic rings. The summed E-state index contributed by atoms with van der Waals surface area (Å²) >= 11 is 0. The Hall–Kier alpha value is -1.20. The summed E-state index contributed by atoms with van der Waals surface area (Å²) in [6.07, 6.45) is 9.07. The first-order valence-electron chi connectivity index (χ1n) is 8.97. The minimum Gasteiger partial charge on any atom is -0.330 e. The summed E-state index contributed by atoms with van der Waals surface area (Å²) in [5, 5.41) is 10.3. The van der Waals surface area contributed by atoms with E-state index >= 15 is 0 Å². The lowest BCUT2D eigenvalue weighted by molar-refractivity contribution is 0.561. The molecule has 23 heavy (non-hydrogen) atoms. The average molecular weight is 319 g/mol. The van der Waals surface area contributed by atoms with Crippen molar-refractivity contribution in [2.24, 2.45) is 5.73 Å². The quantitative estimate of drug-likeness (QED) is 0.374. The molecule has 0 radical (unpaired) electrons. The van der Waals surface area contributed by atoms with Gasteiger partial charge in [0.25, 0.3) is 0 Å². The van der Waals surface area contributed by atoms with E-state index in [9.17, 15) is 0 Å². The Morgan fingerprint density at radius 2 is 1.35 bits per heavy atom. The summed E-state index contributed by atoms with van der Waals surface area (Å²) < 4.78 is 0. The molecule has 0 atom stereocenters. The molecule has 4 nitrogen and oxygen atoms in total. The van der Waals surface area contributed by atoms with Crippen LogP contribution in [0.1, 0.15) is 31.2 Å². The molecule has 0 spiro atoms. The van der Waals surface area contributed by atoms with Crippen LogP contribution in [0.5, 0.6) is 0 Å². The van der Waals surface area contributed by atoms with E-state index in [2.05, 4.69) is 52.4 Å². The van der Waals surface area contributed by atoms with Gasteiger partial charge in [0.2, 0.25) is 0 Å². The standard InChI is InChI=1S/C19H34N4/c20-12-7-16-21-13-4-5-14-22-17-8-18-23-15-6-11-19-9-2-1-3-10-19/h1-3,6,9-11,21-23H,4-5,7-8,12-18,20H2. The van der Waals surface area contributed by atoms with E-state index in [0.717, 1.165) is 52.2 Å². The number of rotatable bonds is 15. The van der Waals surface area contributed by atoms with E-state index in [4.69, 9.17) is 5.73 Å². The maximum atomic E-state index is 5.44. The lowest BCUT2D eigenvalue weighted by Gasteiger charge is -2.06. The third-order valence-electron chi connectivity index (χ3n) is 3.59. The number of benzene rings is 1. The lowest BCUT2D eigenvalue weighted by Crippen LogP contribution is -2.24. The van der Waals surface area contributed by atoms with Crippen LogP contribution >= 0.6 is 0 Å². The van der Waals surface area contributed by atoms with Gasteiger partial charge < -0.3 is 21.7 Å². The predicted molar refractivity (Wildman–Crippen MR) is 102 cm³/mol. The fourth-order valence-electron chi connectivity index (χ4n) is 2.26. The first kappa shape index (κ1) is 19.8. The van der Waals surface area contributed by atoms with Crippen molar-refractivity contribution >= 4 is 6.08 Å². The number of nitrogens with one attached hydrogen (secondary N) is 3. The largest absolute Gasteiger partial charge is 0.330 e. The van der Waals surface area contributed by atoms with Crippen molar-refractivity contribution in [2.45, 2.75) is 25.7 Å². The molecule has 0 saturated heterocycles. The molecule has 5 N–H and O–H groups in total. The highest BCUT2D eigenvalue weighted by Gasteiger charge is 1.91. The molecule has 4 heteroatoms. The second-order valence-electron chi connectivity index (χ2n) is 5.72. The molecule has 0 amide bonds. The second-order valence-corrected chi connectivity index (χ2v) is 5.72. The molecular weight excluding hydrogens is 284 g/mol. The van der Waals surface area contributed by atoms with Crippen LogP contribution in [-0.2, 0) is 0 Å². The molecule has 130 valence electrons. The van der Waals surface area contributed by atoms with Gasteiger partial charge in [0, 0.05) is 6.54 Å². The van der Waals surface area contributed by atoms with Crippen molar-refractivity contribution in [2.75, 3.05) is 45.8 Å². The Bertz CT molecular complexity index is 378. The molecule has 1 aromatic carbocycles. The Labute approximate surface area is 141 Å². The zero-order valence-electron chi connectivity index (χ0n) is 14.4. The molecule has 0 aliphatic carbocycles. The fraction of sp³-hybridized carbons (Fsp3) is 0.579. The molecular formula is C19H34N4. The van der Waals surface area contributed by atoms with E-state index in [0.29, 0.717) is 0 Å². The van der Waals surface area contributed by atoms with Crippen molar-refractivity contribution < 1.29 is 0 Å². The smallest absolute Gasteiger partial charge is 0.0138 e. The van der Waals surface area contributed by atoms with Gasteiger partial charge in [-0.1, -0.05) is 42.5 Å². The summed E-state index contributed by atoms with van der Waals surface area (Å²) in [6, 6.07) is 10.4. The van der Waals surface area contributed by atoms with Gasteiger partial charge >= 0.3 is 0 Å². The molecule has 0 aliphatic rings. The second kappa shape index (κ2) is 15.7. The van der Waals surface area contributed by atoms with Gasteiger partial charge in [-0.2, -0.15) is 0 Å². The van der Waals surface area contributed by atoms with Crippen LogP contribution in [0.15, 0.2) is 36.4 Å². The third-order valence-corrected chi connectivity index (χ3v) is 3.59. The van der Waals surface area contributed by atoms with Crippen LogP contribution in [0.2, 0.25) is 0 Å². The number of nitrogens with two attached hydrogens (primary N) is 1. The van der Waals surface area contributed by atoms with Crippen LogP contribution in [-0.4, -0.2) is 45.8 Å². The van der Waals surface area contributed by atoms with Gasteiger partial charge in [-0.3, -0.25) is 0 Å². The number of hydrogen-bond donors (Lipinski definition) is 4. The van der Waals surface area contributed by atoms with Gasteiger partial charge in [-0.25, -0.2) is 0 Å². The van der Waals surface area contributed by atoms with Crippen LogP contribution in [0.4, 0.5) is 0 Å². The van der Waals surface area contributed by atoms with Crippen LogP contribution in [0, 0.1) is 0 Å². The SMILES string of the molecule is NCCCNCCCCNCCCNCC=Cc1ccccc1. The summed E-state index contributed by atoms with van der Waals surface area (Å²) in [6.45, 7) is 7.15. The van der Waals surface area contributed by atoms with E-state index in [1.807, 2.05) is 6.07 Å². The molecule has 0 heterocycles. The average Bonchev–Trinajstić information content (AvgIpc) is 2.59. The lowest BCUT2D eigenvalue weighted by atomic mass is 10.2. The third kappa shape index (κ3) is 13.0. The number of unbranched alkanes of at least 4 members (excludes halogenated alkanes) is 1. The highest BCUT2D eigenvalue weighted by atomic mass is 14.9. The molecule has 0 fully saturated rings. The summed E-state index contributed by atoms with van der Waals surface area (Å²) in [7, 11) is 0. The molecule has 0 unspecified atom stereocenters. The highest BCUT2D eigenvalue weighted by molar-refractivity contribution is 5.48. The van der Waals surface area contributed by atoms with Gasteiger partial charge in [0.1, 0.15) is 0 Å². The van der Waals surface area contributed by atoms with Gasteiger partial charge in [-0.15, -0.1) is 0 Å². The van der Waals surface area contributed by atoms with E-state index in [1.54, 1.807) is 0 Å². The van der Waals surface area contributed by atoms with E-state index in [-0.39, 0.29) is 0 Å². The van der Waals surface area contributed by atoms with Gasteiger partial charge in [0.15, 0.2) is 0 Å². The Morgan fingerprint density at radius 1 is 0.739 bits per heavy atom. The van der Waals surface area contributed by atoms with Crippen molar-refractivity contribution in [3.8, 4) is 0 Å². The topological polar surface area (TPSA) is 62.1 Å². The summed E-state index contributed by atoms with van der Waals surface area (Å²) in [5.74, 6) is 0. The maximum absolute atomic E-state index is 5.44. The van der Waals surface area contributed by atoms with Gasteiger partial charge in [0.05, 0.1) is 0 Å². The normalized spacial score (nSPS) is 11.3. The first-order chi connectivity index (χ1) is 11.4. The van der Waals surface area contributed by atoms with Crippen LogP contribution in [0.25, 0.3) is 6.08 Å². The van der Waals surface area contributed by atoms with E-state index in [1.165, 1.54) is 24.8 Å². The summed E-state index contributed by atoms with van der Waals surface area (Å²) in [5.41, 5.74) is 6.70. The van der Waals surface area contributed by atoms with Crippen molar-refractivity contribution in [1.82, 2.24) is 16.0 Å². The Kier molecular flexibility index (Phi) is 13.5. The van der Waals surface area contributed by atoms with Crippen molar-refractivity contribution in [3.05, 3.63) is 42.0 Å². The molecule has 0 saturated carbocycles. The van der Waals surface area contributed by atoms with Crippen molar-refractivity contribution in [1.29, 1.82) is 0 Å². The first-order valence-corrected chi connectivity index (χ1v) is 8.97. The minimum atomic E-state index is 0.782. The molecule has 1 rings (SSSR count). The van der Waals surface area contributed by atoms with E-state index < -0.39 is 0 Å². The van der Waals surface area contributed by atoms with Gasteiger partial charge in [-0.05, 0) is 70.5 Å². The molecule has 0 aliphatic heterocycles. The zero-order chi connectivity index (χ0) is 16.4.